The predicted octanol–water partition coefficient (Wildman–Crippen LogP) is 1.42. The second-order valence-corrected chi connectivity index (χ2v) is 14.5. The molecule has 4 aromatic rings. The Morgan fingerprint density at radius 2 is 0.955 bits per heavy atom. The molecule has 14 nitrogen and oxygen atoms in total. The van der Waals surface area contributed by atoms with Gasteiger partial charge < -0.3 is 31.9 Å². The predicted molar refractivity (Wildman–Crippen MR) is 163 cm³/mol. The number of aliphatic carboxylic acids is 2. The minimum absolute atomic E-state index is 0.0613. The van der Waals surface area contributed by atoms with Gasteiger partial charge in [0.15, 0.2) is 0 Å². The zero-order valence-electron chi connectivity index (χ0n) is 24.1. The van der Waals surface area contributed by atoms with E-state index in [1.165, 1.54) is 52.0 Å². The Morgan fingerprint density at radius 3 is 1.30 bits per heavy atom. The fourth-order valence-corrected chi connectivity index (χ4v) is 8.44. The van der Waals surface area contributed by atoms with Gasteiger partial charge in [0.05, 0.1) is 9.79 Å². The number of phenols is 2. The molecule has 0 heterocycles. The van der Waals surface area contributed by atoms with Crippen molar-refractivity contribution in [1.82, 2.24) is 9.44 Å². The number of nitrogens with one attached hydrogen (secondary N) is 2. The number of rotatable bonds is 12. The van der Waals surface area contributed by atoms with Gasteiger partial charge >= 0.3 is 11.9 Å². The number of hydrogen-bond donors (Lipinski definition) is 8. The van der Waals surface area contributed by atoms with Crippen LogP contribution >= 0.6 is 0 Å². The number of carbonyl (C=O) groups is 2. The van der Waals surface area contributed by atoms with Gasteiger partial charge in [0.25, 0.3) is 0 Å². The summed E-state index contributed by atoms with van der Waals surface area (Å²) < 4.78 is 60.4. The average Bonchev–Trinajstić information content (AvgIpc) is 2.94. The summed E-state index contributed by atoms with van der Waals surface area (Å²) in [6.45, 7) is 5.74. The lowest BCUT2D eigenvalue weighted by atomic mass is 9.93. The zero-order chi connectivity index (χ0) is 33.0. The van der Waals surface area contributed by atoms with Crippen LogP contribution in [0.3, 0.4) is 0 Å². The van der Waals surface area contributed by atoms with Gasteiger partial charge in [-0.15, -0.1) is 0 Å². The first-order valence-electron chi connectivity index (χ1n) is 13.5. The Morgan fingerprint density at radius 1 is 0.636 bits per heavy atom. The van der Waals surface area contributed by atoms with Crippen LogP contribution in [-0.2, 0) is 29.6 Å². The fourth-order valence-electron chi connectivity index (χ4n) is 5.24. The van der Waals surface area contributed by atoms with E-state index >= 15 is 0 Å². The number of aromatic hydroxyl groups is 2. The molecule has 0 aliphatic heterocycles. The van der Waals surface area contributed by atoms with Crippen LogP contribution in [-0.4, -0.2) is 73.4 Å². The Balaban J connectivity index is 2.01. The molecule has 4 aromatic carbocycles. The van der Waals surface area contributed by atoms with Crippen LogP contribution in [0.25, 0.3) is 32.3 Å². The third kappa shape index (κ3) is 5.71. The van der Waals surface area contributed by atoms with E-state index < -0.39 is 77.8 Å². The first-order chi connectivity index (χ1) is 20.3. The van der Waals surface area contributed by atoms with Crippen molar-refractivity contribution in [2.24, 2.45) is 23.3 Å². The maximum Gasteiger partial charge on any atom is 0.320 e. The molecule has 0 amide bonds. The van der Waals surface area contributed by atoms with Gasteiger partial charge in [-0.25, -0.2) is 26.3 Å². The van der Waals surface area contributed by atoms with Crippen LogP contribution in [0.15, 0.2) is 46.2 Å². The third-order valence-electron chi connectivity index (χ3n) is 8.32. The Labute approximate surface area is 253 Å². The maximum absolute atomic E-state index is 13.9. The van der Waals surface area contributed by atoms with Crippen molar-refractivity contribution in [1.29, 1.82) is 0 Å². The lowest BCUT2D eigenvalue weighted by Crippen LogP contribution is -2.48. The first-order valence-corrected chi connectivity index (χ1v) is 16.4. The monoisotopic (exact) mass is 650 g/mol. The molecule has 4 rings (SSSR count). The highest BCUT2D eigenvalue weighted by Crippen LogP contribution is 2.45. The second-order valence-electron chi connectivity index (χ2n) is 11.1. The number of nitrogens with two attached hydrogens (primary N) is 2. The number of sulfonamides is 2. The van der Waals surface area contributed by atoms with Crippen molar-refractivity contribution in [3.05, 3.63) is 36.4 Å². The van der Waals surface area contributed by atoms with Gasteiger partial charge in [-0.05, 0) is 43.9 Å². The summed E-state index contributed by atoms with van der Waals surface area (Å²) >= 11 is 0. The van der Waals surface area contributed by atoms with E-state index in [0.717, 1.165) is 12.1 Å². The van der Waals surface area contributed by atoms with E-state index in [1.54, 1.807) is 0 Å². The van der Waals surface area contributed by atoms with Gasteiger partial charge in [0, 0.05) is 50.5 Å². The van der Waals surface area contributed by atoms with Crippen LogP contribution in [0.2, 0.25) is 0 Å². The fraction of sp³-hybridized carbons (Fsp3) is 0.357. The lowest BCUT2D eigenvalue weighted by molar-refractivity contribution is -0.140. The molecular weight excluding hydrogens is 616 g/mol. The van der Waals surface area contributed by atoms with Gasteiger partial charge in [0.2, 0.25) is 20.0 Å². The third-order valence-corrected chi connectivity index (χ3v) is 11.5. The number of carboxylic acid groups (broad SMARTS) is 2. The first kappa shape index (κ1) is 33.1. The second kappa shape index (κ2) is 11.6. The number of hydrogen-bond acceptors (Lipinski definition) is 10. The van der Waals surface area contributed by atoms with Crippen molar-refractivity contribution in [3.63, 3.8) is 0 Å². The molecule has 0 aliphatic carbocycles. The molecule has 0 aromatic heterocycles. The van der Waals surface area contributed by atoms with E-state index in [9.17, 15) is 46.9 Å². The Hall–Kier alpha value is -3.80. The largest absolute Gasteiger partial charge is 0.507 e. The molecule has 0 radical (unpaired) electrons. The molecule has 0 bridgehead atoms. The normalized spacial score (nSPS) is 17.0. The summed E-state index contributed by atoms with van der Waals surface area (Å²) in [7, 11) is -9.15. The van der Waals surface area contributed by atoms with Crippen molar-refractivity contribution in [2.75, 3.05) is 0 Å². The van der Waals surface area contributed by atoms with Crippen LogP contribution < -0.4 is 20.9 Å². The summed E-state index contributed by atoms with van der Waals surface area (Å²) in [6.07, 6.45) is 0. The summed E-state index contributed by atoms with van der Waals surface area (Å²) in [5.74, 6) is -5.07. The smallest absolute Gasteiger partial charge is 0.320 e. The molecular formula is C28H34N4O10S2. The number of phenolic OH excluding ortho intramolecular Hbond substituents is 2. The molecule has 238 valence electrons. The molecule has 6 unspecified atom stereocenters. The highest BCUT2D eigenvalue weighted by Gasteiger charge is 2.34. The van der Waals surface area contributed by atoms with Gasteiger partial charge in [0.1, 0.15) is 23.6 Å². The van der Waals surface area contributed by atoms with Crippen molar-refractivity contribution in [3.8, 4) is 11.5 Å². The van der Waals surface area contributed by atoms with Gasteiger partial charge in [-0.3, -0.25) is 9.59 Å². The van der Waals surface area contributed by atoms with Crippen LogP contribution in [0, 0.1) is 11.8 Å². The Kier molecular flexibility index (Phi) is 8.73. The number of benzene rings is 4. The molecule has 44 heavy (non-hydrogen) atoms. The molecule has 0 fully saturated rings. The standard InChI is InChI=1S/C28H34N4O10S2/c1-11(25(29)27(35)36)13(3)31-43(39,40)21-10-22(44(41,42)32-14(4)12(2)26(30)28(37)38)18-8-6-16-20(34)9-19(33)15-5-7-17(21)24(18)23(15)16/h5-14,25-26,31-34H,29-30H2,1-4H3,(H,35,36)(H,37,38). The summed E-state index contributed by atoms with van der Waals surface area (Å²) in [5, 5.41) is 40.7. The molecule has 10 N–H and O–H groups in total. The van der Waals surface area contributed by atoms with Crippen LogP contribution in [0.1, 0.15) is 27.7 Å². The van der Waals surface area contributed by atoms with Gasteiger partial charge in [-0.1, -0.05) is 26.0 Å². The van der Waals surface area contributed by atoms with Crippen molar-refractivity contribution in [2.45, 2.75) is 61.7 Å². The maximum atomic E-state index is 13.9. The van der Waals surface area contributed by atoms with Crippen molar-refractivity contribution >= 4 is 64.3 Å². The number of carboxylic acids is 2. The zero-order valence-corrected chi connectivity index (χ0v) is 25.8. The quantitative estimate of drug-likeness (QED) is 0.101. The lowest BCUT2D eigenvalue weighted by Gasteiger charge is -2.26. The summed E-state index contributed by atoms with van der Waals surface area (Å²) in [6, 6.07) is 2.92. The summed E-state index contributed by atoms with van der Waals surface area (Å²) in [4.78, 5) is 21.9. The highest BCUT2D eigenvalue weighted by atomic mass is 32.2. The van der Waals surface area contributed by atoms with E-state index in [1.807, 2.05) is 0 Å². The van der Waals surface area contributed by atoms with E-state index in [2.05, 4.69) is 9.44 Å². The van der Waals surface area contributed by atoms with Gasteiger partial charge in [-0.2, -0.15) is 0 Å². The molecule has 16 heteroatoms. The average molecular weight is 651 g/mol. The molecule has 0 saturated carbocycles. The molecule has 0 saturated heterocycles. The van der Waals surface area contributed by atoms with E-state index in [-0.39, 0.29) is 43.8 Å². The topological polar surface area (TPSA) is 259 Å². The molecule has 6 atom stereocenters. The molecule has 0 spiro atoms. The minimum atomic E-state index is -4.57. The van der Waals surface area contributed by atoms with E-state index in [4.69, 9.17) is 11.5 Å². The van der Waals surface area contributed by atoms with Crippen molar-refractivity contribution < 1.29 is 46.9 Å². The van der Waals surface area contributed by atoms with E-state index in [0.29, 0.717) is 0 Å². The van der Waals surface area contributed by atoms with Crippen LogP contribution in [0.4, 0.5) is 0 Å². The summed E-state index contributed by atoms with van der Waals surface area (Å²) in [5.41, 5.74) is 11.4. The highest BCUT2D eigenvalue weighted by molar-refractivity contribution is 7.90. The SMILES string of the molecule is CC(NS(=O)(=O)c1cc(S(=O)(=O)NC(C)C(C)C(N)C(=O)O)c2ccc3c(O)cc(O)c4ccc1c2c43)C(C)C(N)C(=O)O. The Bertz CT molecular complexity index is 1860. The minimum Gasteiger partial charge on any atom is -0.507 e. The molecule has 0 aliphatic rings. The van der Waals surface area contributed by atoms with Crippen LogP contribution in [0.5, 0.6) is 11.5 Å².